The van der Waals surface area contributed by atoms with E-state index in [1.54, 1.807) is 24.3 Å². The first-order chi connectivity index (χ1) is 9.34. The largest absolute Gasteiger partial charge is 0.414 e. The van der Waals surface area contributed by atoms with Crippen LogP contribution in [-0.2, 0) is 12.8 Å². The lowest BCUT2D eigenvalue weighted by atomic mass is 10.1. The Bertz CT molecular complexity index is 569. The van der Waals surface area contributed by atoms with Crippen LogP contribution in [0, 0.1) is 0 Å². The second-order valence-corrected chi connectivity index (χ2v) is 4.61. The van der Waals surface area contributed by atoms with Gasteiger partial charge >= 0.3 is 6.18 Å². The molecule has 0 aliphatic carbocycles. The van der Waals surface area contributed by atoms with E-state index in [9.17, 15) is 13.2 Å². The zero-order valence-electron chi connectivity index (χ0n) is 10.1. The first kappa shape index (κ1) is 14.8. The summed E-state index contributed by atoms with van der Waals surface area (Å²) < 4.78 is 41.2. The van der Waals surface area contributed by atoms with Crippen LogP contribution in [0.5, 0.6) is 0 Å². The van der Waals surface area contributed by atoms with Crippen LogP contribution in [0.15, 0.2) is 28.8 Å². The summed E-state index contributed by atoms with van der Waals surface area (Å²) in [5.41, 5.74) is 0.845. The van der Waals surface area contributed by atoms with Gasteiger partial charge < -0.3 is 9.63 Å². The van der Waals surface area contributed by atoms with Crippen LogP contribution in [0.2, 0.25) is 5.02 Å². The molecule has 0 aliphatic rings. The Morgan fingerprint density at radius 1 is 1.25 bits per heavy atom. The second kappa shape index (κ2) is 5.80. The van der Waals surface area contributed by atoms with Crippen LogP contribution in [-0.4, -0.2) is 27.5 Å². The third kappa shape index (κ3) is 3.94. The third-order valence-electron chi connectivity index (χ3n) is 2.53. The van der Waals surface area contributed by atoms with Crippen molar-refractivity contribution in [2.24, 2.45) is 0 Å². The van der Waals surface area contributed by atoms with Gasteiger partial charge in [-0.1, -0.05) is 28.9 Å². The molecule has 1 aromatic heterocycles. The average Bonchev–Trinajstić information content (AvgIpc) is 2.78. The molecule has 0 saturated heterocycles. The number of hydrogen-bond acceptors (Lipinski definition) is 4. The first-order valence-corrected chi connectivity index (χ1v) is 6.03. The predicted octanol–water partition coefficient (Wildman–Crippen LogP) is 2.78. The summed E-state index contributed by atoms with van der Waals surface area (Å²) in [5, 5.41) is 13.1. The highest BCUT2D eigenvalue weighted by molar-refractivity contribution is 6.30. The minimum atomic E-state index is -4.70. The number of aliphatic hydroxyl groups is 1. The van der Waals surface area contributed by atoms with Crippen molar-refractivity contribution in [3.8, 4) is 0 Å². The Morgan fingerprint density at radius 3 is 2.50 bits per heavy atom. The van der Waals surface area contributed by atoms with Gasteiger partial charge in [-0.15, -0.1) is 0 Å². The zero-order valence-corrected chi connectivity index (χ0v) is 10.8. The number of benzene rings is 1. The molecule has 0 saturated carbocycles. The molecule has 1 unspecified atom stereocenters. The average molecular weight is 307 g/mol. The molecule has 8 heteroatoms. The van der Waals surface area contributed by atoms with Gasteiger partial charge in [0.25, 0.3) is 0 Å². The number of rotatable bonds is 4. The summed E-state index contributed by atoms with van der Waals surface area (Å²) in [7, 11) is 0. The van der Waals surface area contributed by atoms with E-state index in [1.165, 1.54) is 0 Å². The Labute approximate surface area is 117 Å². The van der Waals surface area contributed by atoms with E-state index in [1.807, 2.05) is 0 Å². The van der Waals surface area contributed by atoms with E-state index in [0.717, 1.165) is 5.56 Å². The molecule has 0 bridgehead atoms. The molecular formula is C12H10ClF3N2O2. The summed E-state index contributed by atoms with van der Waals surface area (Å²) in [5.74, 6) is -0.00418. The van der Waals surface area contributed by atoms with Crippen molar-refractivity contribution in [2.75, 3.05) is 0 Å². The molecule has 1 heterocycles. The minimum absolute atomic E-state index is 0.247. The van der Waals surface area contributed by atoms with E-state index >= 15 is 0 Å². The summed E-state index contributed by atoms with van der Waals surface area (Å²) in [6, 6.07) is 6.88. The van der Waals surface area contributed by atoms with Crippen LogP contribution in [0.1, 0.15) is 17.3 Å². The highest BCUT2D eigenvalue weighted by atomic mass is 35.5. The summed E-state index contributed by atoms with van der Waals surface area (Å²) >= 11 is 5.73. The zero-order chi connectivity index (χ0) is 14.8. The molecule has 20 heavy (non-hydrogen) atoms. The summed E-state index contributed by atoms with van der Waals surface area (Å²) in [4.78, 5) is 3.81. The molecular weight excluding hydrogens is 297 g/mol. The fourth-order valence-electron chi connectivity index (χ4n) is 1.51. The van der Waals surface area contributed by atoms with Crippen LogP contribution < -0.4 is 0 Å². The van der Waals surface area contributed by atoms with Gasteiger partial charge in [0, 0.05) is 11.4 Å². The van der Waals surface area contributed by atoms with Crippen molar-refractivity contribution in [3.05, 3.63) is 46.6 Å². The topological polar surface area (TPSA) is 59.2 Å². The molecule has 1 aromatic carbocycles. The van der Waals surface area contributed by atoms with E-state index in [0.29, 0.717) is 11.4 Å². The summed E-state index contributed by atoms with van der Waals surface area (Å²) in [6.07, 6.45) is -7.66. The Hall–Kier alpha value is -1.60. The highest BCUT2D eigenvalue weighted by Crippen LogP contribution is 2.22. The van der Waals surface area contributed by atoms with E-state index in [2.05, 4.69) is 14.7 Å². The molecule has 0 amide bonds. The van der Waals surface area contributed by atoms with Crippen LogP contribution in [0.3, 0.4) is 0 Å². The standard InChI is InChI=1S/C12H10ClF3N2O2/c13-8-3-1-7(2-4-8)5-10-17-11(20-18-10)6-9(19)12(14,15)16/h1-4,9,19H,5-6H2. The van der Waals surface area contributed by atoms with Gasteiger partial charge in [-0.25, -0.2) is 0 Å². The van der Waals surface area contributed by atoms with Gasteiger partial charge in [0.05, 0.1) is 6.42 Å². The van der Waals surface area contributed by atoms with Crippen molar-refractivity contribution in [1.82, 2.24) is 10.1 Å². The van der Waals surface area contributed by atoms with E-state index in [4.69, 9.17) is 16.7 Å². The van der Waals surface area contributed by atoms with Gasteiger partial charge in [-0.05, 0) is 17.7 Å². The lowest BCUT2D eigenvalue weighted by molar-refractivity contribution is -0.204. The molecule has 2 aromatic rings. The number of alkyl halides is 3. The normalized spacial score (nSPS) is 13.4. The molecule has 1 atom stereocenters. The molecule has 0 spiro atoms. The number of aliphatic hydroxyl groups excluding tert-OH is 1. The van der Waals surface area contributed by atoms with Gasteiger partial charge in [0.1, 0.15) is 0 Å². The molecule has 0 aliphatic heterocycles. The smallest absolute Gasteiger partial charge is 0.383 e. The van der Waals surface area contributed by atoms with Gasteiger partial charge in [0.2, 0.25) is 5.89 Å². The molecule has 4 nitrogen and oxygen atoms in total. The SMILES string of the molecule is OC(Cc1nc(Cc2ccc(Cl)cc2)no1)C(F)(F)F. The van der Waals surface area contributed by atoms with Crippen LogP contribution in [0.25, 0.3) is 0 Å². The first-order valence-electron chi connectivity index (χ1n) is 5.65. The quantitative estimate of drug-likeness (QED) is 0.943. The Kier molecular flexibility index (Phi) is 4.29. The minimum Gasteiger partial charge on any atom is -0.383 e. The molecule has 0 fully saturated rings. The second-order valence-electron chi connectivity index (χ2n) is 4.17. The Balaban J connectivity index is 2.00. The number of halogens is 4. The van der Waals surface area contributed by atoms with Crippen molar-refractivity contribution in [3.63, 3.8) is 0 Å². The van der Waals surface area contributed by atoms with Crippen molar-refractivity contribution >= 4 is 11.6 Å². The lowest BCUT2D eigenvalue weighted by Crippen LogP contribution is -2.30. The molecule has 0 radical (unpaired) electrons. The highest BCUT2D eigenvalue weighted by Gasteiger charge is 2.39. The number of aromatic nitrogens is 2. The molecule has 108 valence electrons. The fourth-order valence-corrected chi connectivity index (χ4v) is 1.64. The lowest BCUT2D eigenvalue weighted by Gasteiger charge is -2.11. The van der Waals surface area contributed by atoms with Gasteiger partial charge in [-0.3, -0.25) is 0 Å². The van der Waals surface area contributed by atoms with E-state index < -0.39 is 18.7 Å². The molecule has 1 N–H and O–H groups in total. The van der Waals surface area contributed by atoms with Gasteiger partial charge in [-0.2, -0.15) is 18.2 Å². The van der Waals surface area contributed by atoms with E-state index in [-0.39, 0.29) is 11.7 Å². The van der Waals surface area contributed by atoms with Crippen LogP contribution in [0.4, 0.5) is 13.2 Å². The predicted molar refractivity (Wildman–Crippen MR) is 64.3 cm³/mol. The number of nitrogens with zero attached hydrogens (tertiary/aromatic N) is 2. The maximum Gasteiger partial charge on any atom is 0.414 e. The third-order valence-corrected chi connectivity index (χ3v) is 2.78. The number of hydrogen-bond donors (Lipinski definition) is 1. The maximum absolute atomic E-state index is 12.2. The van der Waals surface area contributed by atoms with Crippen molar-refractivity contribution in [1.29, 1.82) is 0 Å². The maximum atomic E-state index is 12.2. The van der Waals surface area contributed by atoms with Crippen molar-refractivity contribution < 1.29 is 22.8 Å². The Morgan fingerprint density at radius 2 is 1.90 bits per heavy atom. The molecule has 2 rings (SSSR count). The van der Waals surface area contributed by atoms with Crippen molar-refractivity contribution in [2.45, 2.75) is 25.1 Å². The van der Waals surface area contributed by atoms with Gasteiger partial charge in [0.15, 0.2) is 11.9 Å². The fraction of sp³-hybridized carbons (Fsp3) is 0.333. The monoisotopic (exact) mass is 306 g/mol. The van der Waals surface area contributed by atoms with Crippen LogP contribution >= 0.6 is 11.6 Å². The summed E-state index contributed by atoms with van der Waals surface area (Å²) in [6.45, 7) is 0.